The smallest absolute Gasteiger partial charge is 0.267 e. The summed E-state index contributed by atoms with van der Waals surface area (Å²) in [5.41, 5.74) is 1.34. The molecule has 6 nitrogen and oxygen atoms in total. The number of thiophene rings is 1. The van der Waals surface area contributed by atoms with Crippen LogP contribution in [-0.4, -0.2) is 35.0 Å². The fraction of sp³-hybridized carbons (Fsp3) is 0.318. The second-order valence-corrected chi connectivity index (χ2v) is 10.1. The number of methoxy groups -OCH3 is 1. The lowest BCUT2D eigenvalue weighted by molar-refractivity contribution is 0.0957. The molecule has 0 spiro atoms. The maximum absolute atomic E-state index is 13.2. The summed E-state index contributed by atoms with van der Waals surface area (Å²) < 4.78 is 33.9. The summed E-state index contributed by atoms with van der Waals surface area (Å²) in [5.74, 6) is 0.201. The van der Waals surface area contributed by atoms with Crippen molar-refractivity contribution in [3.05, 3.63) is 52.9 Å². The Balaban J connectivity index is 1.92. The van der Waals surface area contributed by atoms with E-state index in [2.05, 4.69) is 12.2 Å². The van der Waals surface area contributed by atoms with E-state index >= 15 is 0 Å². The number of ether oxygens (including phenoxy) is 1. The number of aryl methyl sites for hydroxylation is 1. The van der Waals surface area contributed by atoms with Crippen LogP contribution in [0.5, 0.6) is 5.75 Å². The molecule has 0 aliphatic carbocycles. The fourth-order valence-electron chi connectivity index (χ4n) is 3.08. The maximum Gasteiger partial charge on any atom is 0.267 e. The van der Waals surface area contributed by atoms with Crippen molar-refractivity contribution in [3.63, 3.8) is 0 Å². The summed E-state index contributed by atoms with van der Waals surface area (Å²) in [6, 6.07) is 12.2. The molecule has 0 unspecified atom stereocenters. The Morgan fingerprint density at radius 3 is 2.63 bits per heavy atom. The van der Waals surface area contributed by atoms with Crippen molar-refractivity contribution in [2.75, 3.05) is 25.0 Å². The number of amides is 1. The number of rotatable bonds is 8. The van der Waals surface area contributed by atoms with Crippen LogP contribution in [0.3, 0.4) is 0 Å². The summed E-state index contributed by atoms with van der Waals surface area (Å²) in [7, 11) is -0.849. The van der Waals surface area contributed by atoms with Crippen molar-refractivity contribution >= 4 is 43.0 Å². The lowest BCUT2D eigenvalue weighted by atomic mass is 10.2. The molecule has 1 aromatic heterocycles. The minimum atomic E-state index is -3.82. The zero-order valence-corrected chi connectivity index (χ0v) is 19.2. The van der Waals surface area contributed by atoms with Crippen molar-refractivity contribution in [2.24, 2.45) is 0 Å². The predicted molar refractivity (Wildman–Crippen MR) is 122 cm³/mol. The normalized spacial score (nSPS) is 11.5. The van der Waals surface area contributed by atoms with Gasteiger partial charge in [0, 0.05) is 18.3 Å². The van der Waals surface area contributed by atoms with Crippen LogP contribution in [0, 0.1) is 6.92 Å². The molecule has 0 bridgehead atoms. The van der Waals surface area contributed by atoms with E-state index < -0.39 is 10.0 Å². The van der Waals surface area contributed by atoms with Crippen LogP contribution in [0.15, 0.2) is 47.4 Å². The van der Waals surface area contributed by atoms with Crippen LogP contribution in [-0.2, 0) is 10.0 Å². The van der Waals surface area contributed by atoms with Gasteiger partial charge in [-0.25, -0.2) is 8.42 Å². The monoisotopic (exact) mass is 446 g/mol. The molecule has 0 aliphatic heterocycles. The van der Waals surface area contributed by atoms with Gasteiger partial charge in [0.15, 0.2) is 0 Å². The van der Waals surface area contributed by atoms with E-state index in [1.165, 1.54) is 29.8 Å². The first-order valence-corrected chi connectivity index (χ1v) is 12.0. The zero-order chi connectivity index (χ0) is 21.9. The molecule has 0 atom stereocenters. The van der Waals surface area contributed by atoms with Crippen molar-refractivity contribution < 1.29 is 17.9 Å². The minimum Gasteiger partial charge on any atom is -0.495 e. The van der Waals surface area contributed by atoms with Crippen LogP contribution < -0.4 is 14.4 Å². The quantitative estimate of drug-likeness (QED) is 0.514. The third-order valence-electron chi connectivity index (χ3n) is 4.86. The number of anilines is 1. The summed E-state index contributed by atoms with van der Waals surface area (Å²) >= 11 is 1.40. The zero-order valence-electron chi connectivity index (χ0n) is 17.6. The molecule has 2 aromatic carbocycles. The molecule has 8 heteroatoms. The molecule has 0 radical (unpaired) electrons. The fourth-order valence-corrected chi connectivity index (χ4v) is 5.46. The average molecular weight is 447 g/mol. The van der Waals surface area contributed by atoms with Gasteiger partial charge < -0.3 is 10.1 Å². The minimum absolute atomic E-state index is 0.100. The first kappa shape index (κ1) is 22.1. The summed E-state index contributed by atoms with van der Waals surface area (Å²) in [5, 5.41) is 3.74. The number of unbranched alkanes of at least 4 members (excludes halogenated alkanes) is 1. The van der Waals surface area contributed by atoms with E-state index in [0.29, 0.717) is 22.9 Å². The maximum atomic E-state index is 13.2. The van der Waals surface area contributed by atoms with Gasteiger partial charge in [0.1, 0.15) is 10.6 Å². The van der Waals surface area contributed by atoms with Gasteiger partial charge >= 0.3 is 0 Å². The molecular formula is C22H26N2O4S2. The summed E-state index contributed by atoms with van der Waals surface area (Å²) in [6.45, 7) is 4.56. The van der Waals surface area contributed by atoms with Gasteiger partial charge in [0.2, 0.25) is 0 Å². The highest BCUT2D eigenvalue weighted by Gasteiger charge is 2.26. The number of carbonyl (C=O) groups excluding carboxylic acids is 1. The van der Waals surface area contributed by atoms with Gasteiger partial charge in [0.05, 0.1) is 17.7 Å². The number of sulfonamides is 1. The highest BCUT2D eigenvalue weighted by atomic mass is 32.2. The molecule has 30 heavy (non-hydrogen) atoms. The lowest BCUT2D eigenvalue weighted by Crippen LogP contribution is -2.27. The van der Waals surface area contributed by atoms with Gasteiger partial charge in [-0.1, -0.05) is 19.4 Å². The number of carbonyl (C=O) groups is 1. The Hall–Kier alpha value is -2.58. The molecule has 0 saturated carbocycles. The van der Waals surface area contributed by atoms with E-state index in [0.717, 1.165) is 28.5 Å². The largest absolute Gasteiger partial charge is 0.495 e. The Morgan fingerprint density at radius 1 is 1.17 bits per heavy atom. The van der Waals surface area contributed by atoms with Gasteiger partial charge in [0.25, 0.3) is 15.9 Å². The standard InChI is InChI=1S/C22H26N2O4S2/c1-5-6-11-23-22(25)20-14-16-13-17(8-10-19(16)29-20)24(3)30(26,27)21-12-15(2)7-9-18(21)28-4/h7-10,12-14H,5-6,11H2,1-4H3,(H,23,25). The van der Waals surface area contributed by atoms with Gasteiger partial charge in [-0.05, 0) is 60.7 Å². The van der Waals surface area contributed by atoms with Gasteiger partial charge in [-0.2, -0.15) is 0 Å². The third-order valence-corrected chi connectivity index (χ3v) is 7.78. The number of hydrogen-bond acceptors (Lipinski definition) is 5. The van der Waals surface area contributed by atoms with E-state index in [1.807, 2.05) is 19.1 Å². The van der Waals surface area contributed by atoms with Crippen molar-refractivity contribution in [2.45, 2.75) is 31.6 Å². The van der Waals surface area contributed by atoms with Crippen LogP contribution in [0.4, 0.5) is 5.69 Å². The first-order chi connectivity index (χ1) is 14.3. The SMILES string of the molecule is CCCCNC(=O)c1cc2cc(N(C)S(=O)(=O)c3cc(C)ccc3OC)ccc2s1. The van der Waals surface area contributed by atoms with E-state index in [1.54, 1.807) is 30.3 Å². The highest BCUT2D eigenvalue weighted by molar-refractivity contribution is 7.93. The number of nitrogens with zero attached hydrogens (tertiary/aromatic N) is 1. The first-order valence-electron chi connectivity index (χ1n) is 9.73. The van der Waals surface area contributed by atoms with E-state index in [9.17, 15) is 13.2 Å². The Morgan fingerprint density at radius 2 is 1.93 bits per heavy atom. The second-order valence-electron chi connectivity index (χ2n) is 7.07. The number of benzene rings is 2. The van der Waals surface area contributed by atoms with Crippen LogP contribution in [0.25, 0.3) is 10.1 Å². The highest BCUT2D eigenvalue weighted by Crippen LogP contribution is 2.33. The molecule has 0 saturated heterocycles. The van der Waals surface area contributed by atoms with Crippen LogP contribution in [0.1, 0.15) is 35.0 Å². The van der Waals surface area contributed by atoms with Crippen molar-refractivity contribution in [1.82, 2.24) is 5.32 Å². The van der Waals surface area contributed by atoms with E-state index in [-0.39, 0.29) is 10.8 Å². The van der Waals surface area contributed by atoms with Crippen molar-refractivity contribution in [1.29, 1.82) is 0 Å². The molecular weight excluding hydrogens is 420 g/mol. The van der Waals surface area contributed by atoms with Gasteiger partial charge in [-0.15, -0.1) is 11.3 Å². The molecule has 3 aromatic rings. The summed E-state index contributed by atoms with van der Waals surface area (Å²) in [6.07, 6.45) is 1.95. The topological polar surface area (TPSA) is 75.7 Å². The second kappa shape index (κ2) is 9.06. The van der Waals surface area contributed by atoms with Crippen LogP contribution in [0.2, 0.25) is 0 Å². The van der Waals surface area contributed by atoms with Gasteiger partial charge in [-0.3, -0.25) is 9.10 Å². The molecule has 3 rings (SSSR count). The number of hydrogen-bond donors (Lipinski definition) is 1. The molecule has 160 valence electrons. The Kier molecular flexibility index (Phi) is 6.67. The third kappa shape index (κ3) is 4.44. The Bertz CT molecular complexity index is 1170. The average Bonchev–Trinajstić information content (AvgIpc) is 3.16. The molecule has 1 N–H and O–H groups in total. The van der Waals surface area contributed by atoms with E-state index in [4.69, 9.17) is 4.74 Å². The molecule has 0 aliphatic rings. The molecule has 1 amide bonds. The number of nitrogens with one attached hydrogen (secondary N) is 1. The Labute approximate surface area is 181 Å². The molecule has 0 fully saturated rings. The van der Waals surface area contributed by atoms with Crippen molar-refractivity contribution in [3.8, 4) is 5.75 Å². The summed E-state index contributed by atoms with van der Waals surface area (Å²) in [4.78, 5) is 13.1. The number of fused-ring (bicyclic) bond motifs is 1. The molecule has 1 heterocycles. The van der Waals surface area contributed by atoms with Crippen LogP contribution >= 0.6 is 11.3 Å². The lowest BCUT2D eigenvalue weighted by Gasteiger charge is -2.21. The predicted octanol–water partition coefficient (Wildman–Crippen LogP) is 4.57.